The van der Waals surface area contributed by atoms with Gasteiger partial charge in [-0.15, -0.1) is 0 Å². The zero-order valence-corrected chi connectivity index (χ0v) is 16.0. The van der Waals surface area contributed by atoms with E-state index in [0.717, 1.165) is 17.0 Å². The molecule has 1 unspecified atom stereocenters. The van der Waals surface area contributed by atoms with Gasteiger partial charge < -0.3 is 20.1 Å². The Morgan fingerprint density at radius 3 is 2.36 bits per heavy atom. The quantitative estimate of drug-likeness (QED) is 0.636. The van der Waals surface area contributed by atoms with Gasteiger partial charge in [0.25, 0.3) is 0 Å². The topological polar surface area (TPSA) is 59.6 Å². The number of methoxy groups -OCH3 is 2. The molecule has 2 N–H and O–H groups in total. The summed E-state index contributed by atoms with van der Waals surface area (Å²) in [5.41, 5.74) is 2.02. The van der Waals surface area contributed by atoms with Gasteiger partial charge in [0.2, 0.25) is 0 Å². The van der Waals surface area contributed by atoms with Crippen LogP contribution in [-0.2, 0) is 9.53 Å². The molecule has 1 aliphatic rings. The van der Waals surface area contributed by atoms with Crippen LogP contribution >= 0.6 is 12.2 Å². The molecule has 0 saturated heterocycles. The van der Waals surface area contributed by atoms with Crippen molar-refractivity contribution in [1.29, 1.82) is 0 Å². The standard InChI is InChI=1S/C19H24N2O3S/c1-19(2,3)16-15(17(22)24-5)14(20-18(25)21-16)11-8-12-6-9-13(23-4)10-7-12/h6-11,14H,1-5H3,(H2,20,21,25)/b11-8+. The highest BCUT2D eigenvalue weighted by atomic mass is 32.1. The summed E-state index contributed by atoms with van der Waals surface area (Å²) in [5, 5.41) is 6.73. The van der Waals surface area contributed by atoms with Gasteiger partial charge in [-0.05, 0) is 29.9 Å². The maximum absolute atomic E-state index is 12.4. The molecule has 0 saturated carbocycles. The third-order valence-electron chi connectivity index (χ3n) is 3.86. The van der Waals surface area contributed by atoms with E-state index in [1.54, 1.807) is 7.11 Å². The third-order valence-corrected chi connectivity index (χ3v) is 4.08. The number of hydrogen-bond acceptors (Lipinski definition) is 4. The van der Waals surface area contributed by atoms with E-state index in [2.05, 4.69) is 10.6 Å². The van der Waals surface area contributed by atoms with Crippen molar-refractivity contribution in [3.63, 3.8) is 0 Å². The van der Waals surface area contributed by atoms with Crippen LogP contribution in [0.3, 0.4) is 0 Å². The van der Waals surface area contributed by atoms with E-state index in [-0.39, 0.29) is 17.4 Å². The molecule has 1 heterocycles. The van der Waals surface area contributed by atoms with E-state index in [4.69, 9.17) is 21.7 Å². The number of carbonyl (C=O) groups is 1. The van der Waals surface area contributed by atoms with Crippen molar-refractivity contribution in [1.82, 2.24) is 10.6 Å². The second-order valence-electron chi connectivity index (χ2n) is 6.74. The largest absolute Gasteiger partial charge is 0.497 e. The van der Waals surface area contributed by atoms with Crippen molar-refractivity contribution in [2.24, 2.45) is 5.41 Å². The molecule has 134 valence electrons. The molecule has 1 aliphatic heterocycles. The normalized spacial score (nSPS) is 18.0. The van der Waals surface area contributed by atoms with E-state index >= 15 is 0 Å². The molecule has 1 atom stereocenters. The number of allylic oxidation sites excluding steroid dienone is 1. The van der Waals surface area contributed by atoms with Gasteiger partial charge in [-0.2, -0.15) is 0 Å². The summed E-state index contributed by atoms with van der Waals surface area (Å²) in [4.78, 5) is 12.4. The molecule has 1 aromatic carbocycles. The van der Waals surface area contributed by atoms with Crippen LogP contribution in [0.15, 0.2) is 41.6 Å². The number of thiocarbonyl (C=S) groups is 1. The summed E-state index contributed by atoms with van der Waals surface area (Å²) in [6, 6.07) is 7.30. The smallest absolute Gasteiger partial charge is 0.337 e. The number of carbonyl (C=O) groups excluding carboxylic acids is 1. The van der Waals surface area contributed by atoms with Gasteiger partial charge in [0.1, 0.15) is 5.75 Å². The summed E-state index contributed by atoms with van der Waals surface area (Å²) in [6.07, 6.45) is 3.85. The van der Waals surface area contributed by atoms with Crippen LogP contribution in [0.5, 0.6) is 5.75 Å². The van der Waals surface area contributed by atoms with Gasteiger partial charge in [0.05, 0.1) is 25.8 Å². The lowest BCUT2D eigenvalue weighted by Gasteiger charge is -2.35. The number of nitrogens with one attached hydrogen (secondary N) is 2. The lowest BCUT2D eigenvalue weighted by atomic mass is 9.85. The highest BCUT2D eigenvalue weighted by molar-refractivity contribution is 7.80. The average Bonchev–Trinajstić information content (AvgIpc) is 2.58. The van der Waals surface area contributed by atoms with E-state index in [1.165, 1.54) is 7.11 Å². The predicted molar refractivity (Wildman–Crippen MR) is 103 cm³/mol. The molecule has 0 fully saturated rings. The third kappa shape index (κ3) is 4.60. The fourth-order valence-corrected chi connectivity index (χ4v) is 2.81. The van der Waals surface area contributed by atoms with Gasteiger partial charge >= 0.3 is 5.97 Å². The Morgan fingerprint density at radius 2 is 1.84 bits per heavy atom. The first-order valence-electron chi connectivity index (χ1n) is 7.99. The number of ether oxygens (including phenoxy) is 2. The molecule has 0 spiro atoms. The maximum atomic E-state index is 12.4. The maximum Gasteiger partial charge on any atom is 0.337 e. The van der Waals surface area contributed by atoms with Crippen LogP contribution in [0.1, 0.15) is 26.3 Å². The second kappa shape index (κ2) is 7.70. The highest BCUT2D eigenvalue weighted by Gasteiger charge is 2.34. The Morgan fingerprint density at radius 1 is 1.20 bits per heavy atom. The molecule has 0 amide bonds. The Hall–Kier alpha value is -2.34. The lowest BCUT2D eigenvalue weighted by Crippen LogP contribution is -2.51. The summed E-state index contributed by atoms with van der Waals surface area (Å²) in [5.74, 6) is 0.417. The summed E-state index contributed by atoms with van der Waals surface area (Å²) in [7, 11) is 3.01. The van der Waals surface area contributed by atoms with Crippen LogP contribution in [0.2, 0.25) is 0 Å². The molecule has 0 aliphatic carbocycles. The lowest BCUT2D eigenvalue weighted by molar-refractivity contribution is -0.136. The minimum atomic E-state index is -0.378. The zero-order chi connectivity index (χ0) is 18.6. The molecule has 25 heavy (non-hydrogen) atoms. The minimum Gasteiger partial charge on any atom is -0.497 e. The van der Waals surface area contributed by atoms with Crippen molar-refractivity contribution in [2.75, 3.05) is 14.2 Å². The molecule has 5 nitrogen and oxygen atoms in total. The Bertz CT molecular complexity index is 715. The first kappa shape index (κ1) is 19.0. The Kier molecular flexibility index (Phi) is 5.85. The van der Waals surface area contributed by atoms with Crippen molar-refractivity contribution in [3.05, 3.63) is 47.2 Å². The van der Waals surface area contributed by atoms with Gasteiger partial charge in [0.15, 0.2) is 5.11 Å². The highest BCUT2D eigenvalue weighted by Crippen LogP contribution is 2.30. The summed E-state index contributed by atoms with van der Waals surface area (Å²) >= 11 is 5.31. The summed E-state index contributed by atoms with van der Waals surface area (Å²) in [6.45, 7) is 6.07. The van der Waals surface area contributed by atoms with Gasteiger partial charge in [-0.25, -0.2) is 4.79 Å². The molecule has 0 radical (unpaired) electrons. The van der Waals surface area contributed by atoms with Crippen molar-refractivity contribution >= 4 is 29.4 Å². The SMILES string of the molecule is COC(=O)C1=C(C(C)(C)C)NC(=S)NC1/C=C/c1ccc(OC)cc1. The molecule has 1 aromatic rings. The minimum absolute atomic E-state index is 0.276. The summed E-state index contributed by atoms with van der Waals surface area (Å²) < 4.78 is 10.2. The number of hydrogen-bond donors (Lipinski definition) is 2. The monoisotopic (exact) mass is 360 g/mol. The van der Waals surface area contributed by atoms with Crippen LogP contribution in [-0.4, -0.2) is 31.3 Å². The van der Waals surface area contributed by atoms with E-state index < -0.39 is 0 Å². The Labute approximate surface area is 154 Å². The fourth-order valence-electron chi connectivity index (χ4n) is 2.58. The van der Waals surface area contributed by atoms with Crippen LogP contribution in [0.4, 0.5) is 0 Å². The van der Waals surface area contributed by atoms with Crippen molar-refractivity contribution in [2.45, 2.75) is 26.8 Å². The average molecular weight is 360 g/mol. The Balaban J connectivity index is 2.39. The number of esters is 1. The first-order chi connectivity index (χ1) is 11.8. The number of rotatable bonds is 4. The molecular formula is C19H24N2O3S. The molecule has 2 rings (SSSR count). The predicted octanol–water partition coefficient (Wildman–Crippen LogP) is 3.03. The van der Waals surface area contributed by atoms with E-state index in [9.17, 15) is 4.79 Å². The van der Waals surface area contributed by atoms with Gasteiger partial charge in [0, 0.05) is 11.1 Å². The van der Waals surface area contributed by atoms with Crippen molar-refractivity contribution < 1.29 is 14.3 Å². The molecule has 0 aromatic heterocycles. The van der Waals surface area contributed by atoms with E-state index in [1.807, 2.05) is 57.2 Å². The van der Waals surface area contributed by atoms with Crippen molar-refractivity contribution in [3.8, 4) is 5.75 Å². The molecular weight excluding hydrogens is 336 g/mol. The van der Waals surface area contributed by atoms with Gasteiger partial charge in [-0.1, -0.05) is 45.1 Å². The van der Waals surface area contributed by atoms with Gasteiger partial charge in [-0.3, -0.25) is 0 Å². The van der Waals surface area contributed by atoms with Crippen LogP contribution in [0, 0.1) is 5.41 Å². The van der Waals surface area contributed by atoms with Crippen LogP contribution in [0.25, 0.3) is 6.08 Å². The number of benzene rings is 1. The van der Waals surface area contributed by atoms with E-state index in [0.29, 0.717) is 10.7 Å². The molecule has 0 bridgehead atoms. The zero-order valence-electron chi connectivity index (χ0n) is 15.2. The first-order valence-corrected chi connectivity index (χ1v) is 8.40. The molecule has 6 heteroatoms. The van der Waals surface area contributed by atoms with Crippen LogP contribution < -0.4 is 15.4 Å². The fraction of sp³-hybridized carbons (Fsp3) is 0.368. The second-order valence-corrected chi connectivity index (χ2v) is 7.15.